The standard InChI is InChI=1S/C10H12N2OS2/c1-13-9-8-7(6-2-3-11-4-6)5-14-10(8)15-12-9/h5-6,11H,2-4H2,1H3. The number of rotatable bonds is 2. The van der Waals surface area contributed by atoms with Gasteiger partial charge in [0.25, 0.3) is 0 Å². The van der Waals surface area contributed by atoms with Crippen LogP contribution in [-0.2, 0) is 0 Å². The van der Waals surface area contributed by atoms with Crippen LogP contribution in [0, 0.1) is 0 Å². The Kier molecular flexibility index (Phi) is 2.38. The van der Waals surface area contributed by atoms with E-state index in [1.165, 1.54) is 21.4 Å². The first kappa shape index (κ1) is 9.57. The third-order valence-electron chi connectivity index (χ3n) is 2.90. The van der Waals surface area contributed by atoms with Gasteiger partial charge in [-0.25, -0.2) is 0 Å². The van der Waals surface area contributed by atoms with E-state index in [4.69, 9.17) is 4.74 Å². The zero-order valence-corrected chi connectivity index (χ0v) is 10.1. The van der Waals surface area contributed by atoms with Crippen molar-refractivity contribution in [3.05, 3.63) is 10.9 Å². The minimum absolute atomic E-state index is 0.643. The number of thiophene rings is 1. The molecule has 1 unspecified atom stereocenters. The summed E-state index contributed by atoms with van der Waals surface area (Å²) in [5.41, 5.74) is 1.42. The molecular weight excluding hydrogens is 228 g/mol. The second-order valence-electron chi connectivity index (χ2n) is 3.74. The Hall–Kier alpha value is -0.650. The summed E-state index contributed by atoms with van der Waals surface area (Å²) in [5, 5.41) is 6.92. The topological polar surface area (TPSA) is 34.1 Å². The third kappa shape index (κ3) is 1.46. The van der Waals surface area contributed by atoms with Gasteiger partial charge in [-0.3, -0.25) is 0 Å². The highest BCUT2D eigenvalue weighted by Crippen LogP contribution is 2.41. The predicted molar refractivity (Wildman–Crippen MR) is 64.3 cm³/mol. The number of nitrogens with zero attached hydrogens (tertiary/aromatic N) is 1. The van der Waals surface area contributed by atoms with Crippen LogP contribution >= 0.6 is 22.9 Å². The third-order valence-corrected chi connectivity index (χ3v) is 4.83. The number of hydrogen-bond donors (Lipinski definition) is 1. The molecule has 1 saturated heterocycles. The van der Waals surface area contributed by atoms with E-state index in [9.17, 15) is 0 Å². The summed E-state index contributed by atoms with van der Waals surface area (Å²) in [4.78, 5) is 0. The maximum Gasteiger partial charge on any atom is 0.234 e. The smallest absolute Gasteiger partial charge is 0.234 e. The SMILES string of the molecule is COc1nsc2scc(C3CCNC3)c12. The van der Waals surface area contributed by atoms with Crippen LogP contribution in [0.25, 0.3) is 9.40 Å². The Balaban J connectivity index is 2.12. The molecule has 0 bridgehead atoms. The summed E-state index contributed by atoms with van der Waals surface area (Å²) >= 11 is 3.33. The molecule has 1 aliphatic rings. The Labute approximate surface area is 96.2 Å². The van der Waals surface area contributed by atoms with Crippen LogP contribution in [0.5, 0.6) is 5.88 Å². The van der Waals surface area contributed by atoms with Gasteiger partial charge in [0, 0.05) is 6.54 Å². The summed E-state index contributed by atoms with van der Waals surface area (Å²) in [6, 6.07) is 0. The second-order valence-corrected chi connectivity index (χ2v) is 5.65. The minimum Gasteiger partial charge on any atom is -0.480 e. The number of methoxy groups -OCH3 is 1. The van der Waals surface area contributed by atoms with E-state index in [0.29, 0.717) is 5.92 Å². The van der Waals surface area contributed by atoms with Crippen molar-refractivity contribution in [2.75, 3.05) is 20.2 Å². The zero-order valence-electron chi connectivity index (χ0n) is 8.45. The van der Waals surface area contributed by atoms with Crippen LogP contribution in [0.2, 0.25) is 0 Å². The summed E-state index contributed by atoms with van der Waals surface area (Å²) in [7, 11) is 1.70. The first-order chi connectivity index (χ1) is 7.40. The van der Waals surface area contributed by atoms with Gasteiger partial charge in [-0.05, 0) is 41.4 Å². The fourth-order valence-electron chi connectivity index (χ4n) is 2.12. The van der Waals surface area contributed by atoms with Crippen LogP contribution in [0.3, 0.4) is 0 Å². The van der Waals surface area contributed by atoms with E-state index < -0.39 is 0 Å². The van der Waals surface area contributed by atoms with Crippen LogP contribution < -0.4 is 10.1 Å². The van der Waals surface area contributed by atoms with E-state index in [1.807, 2.05) is 0 Å². The van der Waals surface area contributed by atoms with Gasteiger partial charge in [-0.2, -0.15) is 4.37 Å². The molecule has 1 aliphatic heterocycles. The number of nitrogens with one attached hydrogen (secondary N) is 1. The van der Waals surface area contributed by atoms with Crippen LogP contribution in [-0.4, -0.2) is 24.6 Å². The Morgan fingerprint density at radius 2 is 2.53 bits per heavy atom. The molecule has 0 saturated carbocycles. The molecule has 0 aromatic carbocycles. The summed E-state index contributed by atoms with van der Waals surface area (Å²) in [5.74, 6) is 1.45. The minimum atomic E-state index is 0.643. The quantitative estimate of drug-likeness (QED) is 0.875. The van der Waals surface area contributed by atoms with Crippen LogP contribution in [0.15, 0.2) is 5.38 Å². The molecule has 80 valence electrons. The molecular formula is C10H12N2OS2. The van der Waals surface area contributed by atoms with Crippen LogP contribution in [0.4, 0.5) is 0 Å². The molecule has 5 heteroatoms. The fourth-order valence-corrected chi connectivity index (χ4v) is 4.04. The molecule has 1 N–H and O–H groups in total. The lowest BCUT2D eigenvalue weighted by Crippen LogP contribution is -2.07. The molecule has 3 heterocycles. The molecule has 0 amide bonds. The Morgan fingerprint density at radius 1 is 1.60 bits per heavy atom. The average molecular weight is 240 g/mol. The van der Waals surface area contributed by atoms with Gasteiger partial charge in [-0.1, -0.05) is 0 Å². The molecule has 1 fully saturated rings. The summed E-state index contributed by atoms with van der Waals surface area (Å²) < 4.78 is 10.9. The van der Waals surface area contributed by atoms with E-state index in [0.717, 1.165) is 19.0 Å². The van der Waals surface area contributed by atoms with Crippen molar-refractivity contribution >= 4 is 32.3 Å². The van der Waals surface area contributed by atoms with Crippen molar-refractivity contribution in [3.8, 4) is 5.88 Å². The monoisotopic (exact) mass is 240 g/mol. The molecule has 0 aliphatic carbocycles. The number of hydrogen-bond acceptors (Lipinski definition) is 5. The predicted octanol–water partition coefficient (Wildman–Crippen LogP) is 2.44. The lowest BCUT2D eigenvalue weighted by atomic mass is 9.99. The second kappa shape index (κ2) is 3.73. The highest BCUT2D eigenvalue weighted by molar-refractivity contribution is 7.35. The first-order valence-corrected chi connectivity index (χ1v) is 6.67. The van der Waals surface area contributed by atoms with E-state index >= 15 is 0 Å². The van der Waals surface area contributed by atoms with E-state index in [-0.39, 0.29) is 0 Å². The number of ether oxygens (including phenoxy) is 1. The fraction of sp³-hybridized carbons (Fsp3) is 0.500. The van der Waals surface area contributed by atoms with E-state index in [2.05, 4.69) is 15.1 Å². The van der Waals surface area contributed by atoms with Crippen molar-refractivity contribution in [1.29, 1.82) is 0 Å². The van der Waals surface area contributed by atoms with Gasteiger partial charge >= 0.3 is 0 Å². The Bertz CT molecular complexity index is 471. The van der Waals surface area contributed by atoms with Crippen molar-refractivity contribution in [2.45, 2.75) is 12.3 Å². The maximum atomic E-state index is 5.31. The molecule has 0 spiro atoms. The molecule has 2 aromatic heterocycles. The molecule has 3 rings (SSSR count). The average Bonchev–Trinajstić information content (AvgIpc) is 2.94. The van der Waals surface area contributed by atoms with Gasteiger partial charge in [0.2, 0.25) is 5.88 Å². The van der Waals surface area contributed by atoms with Gasteiger partial charge in [0.15, 0.2) is 0 Å². The first-order valence-electron chi connectivity index (χ1n) is 5.01. The molecule has 2 aromatic rings. The molecule has 3 nitrogen and oxygen atoms in total. The highest BCUT2D eigenvalue weighted by Gasteiger charge is 2.23. The lowest BCUT2D eigenvalue weighted by Gasteiger charge is -2.06. The van der Waals surface area contributed by atoms with Crippen molar-refractivity contribution in [3.63, 3.8) is 0 Å². The summed E-state index contributed by atoms with van der Waals surface area (Å²) in [6.45, 7) is 2.22. The highest BCUT2D eigenvalue weighted by atomic mass is 32.2. The van der Waals surface area contributed by atoms with Gasteiger partial charge in [0.05, 0.1) is 12.5 Å². The van der Waals surface area contributed by atoms with Gasteiger partial charge < -0.3 is 10.1 Å². The maximum absolute atomic E-state index is 5.31. The molecule has 15 heavy (non-hydrogen) atoms. The van der Waals surface area contributed by atoms with Gasteiger partial charge in [-0.15, -0.1) is 11.3 Å². The Morgan fingerprint density at radius 3 is 3.27 bits per heavy atom. The summed E-state index contributed by atoms with van der Waals surface area (Å²) in [6.07, 6.45) is 1.23. The van der Waals surface area contributed by atoms with Crippen molar-refractivity contribution < 1.29 is 4.74 Å². The van der Waals surface area contributed by atoms with E-state index in [1.54, 1.807) is 30.0 Å². The largest absolute Gasteiger partial charge is 0.480 e. The zero-order chi connectivity index (χ0) is 10.3. The number of fused-ring (bicyclic) bond motifs is 1. The lowest BCUT2D eigenvalue weighted by molar-refractivity contribution is 0.407. The van der Waals surface area contributed by atoms with Gasteiger partial charge in [0.1, 0.15) is 4.01 Å². The van der Waals surface area contributed by atoms with Crippen molar-refractivity contribution in [2.24, 2.45) is 0 Å². The normalized spacial score (nSPS) is 21.3. The molecule has 1 atom stereocenters. The van der Waals surface area contributed by atoms with Crippen LogP contribution in [0.1, 0.15) is 17.9 Å². The van der Waals surface area contributed by atoms with Crippen molar-refractivity contribution in [1.82, 2.24) is 9.69 Å². The molecule has 0 radical (unpaired) electrons. The number of aromatic nitrogens is 1.